The van der Waals surface area contributed by atoms with Gasteiger partial charge in [-0.25, -0.2) is 8.42 Å². The normalized spacial score (nSPS) is 18.4. The zero-order valence-corrected chi connectivity index (χ0v) is 15.5. The Morgan fingerprint density at radius 2 is 1.79 bits per heavy atom. The molecule has 2 aliphatic heterocycles. The van der Waals surface area contributed by atoms with E-state index in [0.29, 0.717) is 15.4 Å². The van der Waals surface area contributed by atoms with E-state index in [1.54, 1.807) is 36.4 Å². The second kappa shape index (κ2) is 6.56. The lowest BCUT2D eigenvalue weighted by atomic mass is 9.87. The van der Waals surface area contributed by atoms with E-state index in [-0.39, 0.29) is 35.5 Å². The number of carbonyl (C=O) groups is 1. The standard InChI is InChI=1S/C18H14F3N3O4S/c19-18(20,21)29(27,28)24-7-6-11-12(10-4-2-1-3-5-10)8-13-15(14(11)9-24)22-17(25)16(13)23-26/h1-5,8,26H,6-7,9H2,(H,22,23,25). The summed E-state index contributed by atoms with van der Waals surface area (Å²) in [6, 6.07) is 10.6. The lowest BCUT2D eigenvalue weighted by molar-refractivity contribution is -0.110. The lowest BCUT2D eigenvalue weighted by Crippen LogP contribution is -2.43. The molecule has 0 saturated carbocycles. The Hall–Kier alpha value is -2.92. The molecule has 2 aliphatic rings. The third kappa shape index (κ3) is 2.97. The number of sulfonamides is 1. The number of nitrogens with zero attached hydrogens (tertiary/aromatic N) is 2. The highest BCUT2D eigenvalue weighted by Gasteiger charge is 2.51. The van der Waals surface area contributed by atoms with Gasteiger partial charge in [0, 0.05) is 18.7 Å². The van der Waals surface area contributed by atoms with Crippen LogP contribution in [-0.4, -0.2) is 41.6 Å². The number of nitrogens with one attached hydrogen (secondary N) is 1. The van der Waals surface area contributed by atoms with Crippen molar-refractivity contribution < 1.29 is 31.6 Å². The first-order valence-electron chi connectivity index (χ1n) is 8.49. The van der Waals surface area contributed by atoms with E-state index >= 15 is 0 Å². The van der Waals surface area contributed by atoms with Crippen LogP contribution in [0.2, 0.25) is 0 Å². The van der Waals surface area contributed by atoms with Crippen LogP contribution in [0, 0.1) is 0 Å². The lowest BCUT2D eigenvalue weighted by Gasteiger charge is -2.31. The van der Waals surface area contributed by atoms with E-state index in [1.807, 2.05) is 0 Å². The maximum atomic E-state index is 13.0. The van der Waals surface area contributed by atoms with Gasteiger partial charge in [-0.2, -0.15) is 17.5 Å². The summed E-state index contributed by atoms with van der Waals surface area (Å²) in [4.78, 5) is 12.1. The SMILES string of the molecule is O=C1Nc2c(cc(-c3ccccc3)c3c2CN(S(=O)(=O)C(F)(F)F)CC3)/C1=N\O. The Balaban J connectivity index is 1.93. The molecular weight excluding hydrogens is 411 g/mol. The Morgan fingerprint density at radius 1 is 1.10 bits per heavy atom. The molecule has 2 N–H and O–H groups in total. The average molecular weight is 425 g/mol. The smallest absolute Gasteiger partial charge is 0.410 e. The summed E-state index contributed by atoms with van der Waals surface area (Å²) < 4.78 is 63.3. The molecule has 0 unspecified atom stereocenters. The number of anilines is 1. The first-order chi connectivity index (χ1) is 13.6. The van der Waals surface area contributed by atoms with Gasteiger partial charge in [0.05, 0.1) is 5.69 Å². The summed E-state index contributed by atoms with van der Waals surface area (Å²) in [7, 11) is -5.53. The molecular formula is C18H14F3N3O4S. The number of benzene rings is 2. The number of hydrogen-bond donors (Lipinski definition) is 2. The molecule has 2 aromatic carbocycles. The molecule has 11 heteroatoms. The average Bonchev–Trinajstić information content (AvgIpc) is 3.02. The highest BCUT2D eigenvalue weighted by Crippen LogP contribution is 2.41. The van der Waals surface area contributed by atoms with Crippen molar-refractivity contribution in [3.8, 4) is 11.1 Å². The second-order valence-corrected chi connectivity index (χ2v) is 8.54. The minimum Gasteiger partial charge on any atom is -0.410 e. The molecule has 0 atom stereocenters. The quantitative estimate of drug-likeness (QED) is 0.571. The molecule has 0 saturated heterocycles. The molecule has 0 bridgehead atoms. The van der Waals surface area contributed by atoms with Gasteiger partial charge in [0.2, 0.25) is 0 Å². The molecule has 152 valence electrons. The van der Waals surface area contributed by atoms with Gasteiger partial charge >= 0.3 is 15.5 Å². The number of oxime groups is 1. The molecule has 2 aromatic rings. The van der Waals surface area contributed by atoms with E-state index in [0.717, 1.165) is 5.56 Å². The fourth-order valence-corrected chi connectivity index (χ4v) is 4.61. The van der Waals surface area contributed by atoms with Crippen LogP contribution in [0.15, 0.2) is 41.6 Å². The van der Waals surface area contributed by atoms with E-state index < -0.39 is 28.0 Å². The minimum absolute atomic E-state index is 0.0314. The predicted molar refractivity (Wildman–Crippen MR) is 97.9 cm³/mol. The second-order valence-electron chi connectivity index (χ2n) is 6.61. The third-order valence-corrected chi connectivity index (χ3v) is 6.60. The van der Waals surface area contributed by atoms with Gasteiger partial charge in [0.15, 0.2) is 5.71 Å². The Bertz CT molecular complexity index is 1150. The van der Waals surface area contributed by atoms with Crippen LogP contribution in [0.25, 0.3) is 11.1 Å². The topological polar surface area (TPSA) is 99.1 Å². The van der Waals surface area contributed by atoms with Crippen LogP contribution < -0.4 is 5.32 Å². The zero-order valence-electron chi connectivity index (χ0n) is 14.7. The van der Waals surface area contributed by atoms with E-state index in [2.05, 4.69) is 10.5 Å². The molecule has 29 heavy (non-hydrogen) atoms. The highest BCUT2D eigenvalue weighted by molar-refractivity contribution is 7.89. The summed E-state index contributed by atoms with van der Waals surface area (Å²) in [5, 5.41) is 14.7. The molecule has 1 amide bonds. The summed E-state index contributed by atoms with van der Waals surface area (Å²) in [5.74, 6) is -0.717. The fourth-order valence-electron chi connectivity index (χ4n) is 3.68. The van der Waals surface area contributed by atoms with Gasteiger partial charge in [-0.15, -0.1) is 0 Å². The Morgan fingerprint density at radius 3 is 2.41 bits per heavy atom. The molecule has 0 aromatic heterocycles. The van der Waals surface area contributed by atoms with E-state index in [1.165, 1.54) is 0 Å². The summed E-state index contributed by atoms with van der Waals surface area (Å²) >= 11 is 0. The first-order valence-corrected chi connectivity index (χ1v) is 9.93. The highest BCUT2D eigenvalue weighted by atomic mass is 32.2. The predicted octanol–water partition coefficient (Wildman–Crippen LogP) is 2.69. The van der Waals surface area contributed by atoms with Crippen LogP contribution in [0.3, 0.4) is 0 Å². The number of halogens is 3. The largest absolute Gasteiger partial charge is 0.511 e. The molecule has 2 heterocycles. The van der Waals surface area contributed by atoms with Gasteiger partial charge < -0.3 is 10.5 Å². The maximum Gasteiger partial charge on any atom is 0.511 e. The number of amides is 1. The van der Waals surface area contributed by atoms with Crippen molar-refractivity contribution in [3.63, 3.8) is 0 Å². The summed E-state index contributed by atoms with van der Waals surface area (Å²) in [6.45, 7) is -0.901. The van der Waals surface area contributed by atoms with Gasteiger partial charge in [0.25, 0.3) is 5.91 Å². The van der Waals surface area contributed by atoms with Gasteiger partial charge in [-0.3, -0.25) is 4.79 Å². The summed E-state index contributed by atoms with van der Waals surface area (Å²) in [6.07, 6.45) is 0.0314. The van der Waals surface area contributed by atoms with Gasteiger partial charge in [-0.1, -0.05) is 35.5 Å². The third-order valence-electron chi connectivity index (χ3n) is 5.02. The van der Waals surface area contributed by atoms with Crippen molar-refractivity contribution in [2.24, 2.45) is 5.16 Å². The first kappa shape index (κ1) is 19.4. The minimum atomic E-state index is -5.53. The number of fused-ring (bicyclic) bond motifs is 3. The van der Waals surface area contributed by atoms with Crippen LogP contribution in [-0.2, 0) is 27.8 Å². The van der Waals surface area contributed by atoms with Crippen molar-refractivity contribution >= 4 is 27.3 Å². The van der Waals surface area contributed by atoms with Crippen LogP contribution >= 0.6 is 0 Å². The van der Waals surface area contributed by atoms with Gasteiger partial charge in [0.1, 0.15) is 0 Å². The molecule has 0 spiro atoms. The maximum absolute atomic E-state index is 13.0. The fraction of sp³-hybridized carbons (Fsp3) is 0.222. The molecule has 0 radical (unpaired) electrons. The van der Waals surface area contributed by atoms with Gasteiger partial charge in [-0.05, 0) is 34.7 Å². The van der Waals surface area contributed by atoms with Crippen molar-refractivity contribution in [2.75, 3.05) is 11.9 Å². The number of rotatable bonds is 2. The van der Waals surface area contributed by atoms with E-state index in [9.17, 15) is 31.6 Å². The van der Waals surface area contributed by atoms with Crippen LogP contribution in [0.4, 0.5) is 18.9 Å². The van der Waals surface area contributed by atoms with Crippen LogP contribution in [0.1, 0.15) is 16.7 Å². The summed E-state index contributed by atoms with van der Waals surface area (Å²) in [5.41, 5.74) is -3.05. The van der Waals surface area contributed by atoms with Crippen molar-refractivity contribution in [2.45, 2.75) is 18.5 Å². The molecule has 4 rings (SSSR count). The number of hydrogen-bond acceptors (Lipinski definition) is 5. The van der Waals surface area contributed by atoms with Crippen molar-refractivity contribution in [1.82, 2.24) is 4.31 Å². The van der Waals surface area contributed by atoms with Crippen molar-refractivity contribution in [1.29, 1.82) is 0 Å². The molecule has 0 fully saturated rings. The zero-order chi connectivity index (χ0) is 21.0. The molecule has 7 nitrogen and oxygen atoms in total. The Labute approximate surface area is 163 Å². The van der Waals surface area contributed by atoms with Crippen molar-refractivity contribution in [3.05, 3.63) is 53.1 Å². The van der Waals surface area contributed by atoms with Crippen LogP contribution in [0.5, 0.6) is 0 Å². The number of carbonyl (C=O) groups excluding carboxylic acids is 1. The molecule has 0 aliphatic carbocycles. The number of alkyl halides is 3. The Kier molecular flexibility index (Phi) is 4.39. The van der Waals surface area contributed by atoms with E-state index in [4.69, 9.17) is 0 Å². The monoisotopic (exact) mass is 425 g/mol.